The summed E-state index contributed by atoms with van der Waals surface area (Å²) in [7, 11) is 0. The number of benzene rings is 1. The normalized spacial score (nSPS) is 19.5. The average Bonchev–Trinajstić information content (AvgIpc) is 2.45. The standard InChI is InChI=1S/C16H23NO2/c1-2-13-5-7-14(8-6-13)9-10-16(19)17-11-3-4-15(18)12-17/h5-8,15,18H,2-4,9-12H2,1H3. The molecule has 0 saturated carbocycles. The van der Waals surface area contributed by atoms with Crippen molar-refractivity contribution in [2.75, 3.05) is 13.1 Å². The second-order valence-electron chi connectivity index (χ2n) is 5.31. The lowest BCUT2D eigenvalue weighted by Crippen LogP contribution is -2.42. The summed E-state index contributed by atoms with van der Waals surface area (Å²) in [4.78, 5) is 13.9. The summed E-state index contributed by atoms with van der Waals surface area (Å²) in [6.45, 7) is 3.44. The molecule has 1 amide bonds. The molecule has 1 N–H and O–H groups in total. The predicted octanol–water partition coefficient (Wildman–Crippen LogP) is 2.16. The second-order valence-corrected chi connectivity index (χ2v) is 5.31. The number of carbonyl (C=O) groups is 1. The zero-order chi connectivity index (χ0) is 13.7. The van der Waals surface area contributed by atoms with E-state index in [0.717, 1.165) is 32.2 Å². The Balaban J connectivity index is 1.82. The average molecular weight is 261 g/mol. The van der Waals surface area contributed by atoms with Crippen molar-refractivity contribution >= 4 is 5.91 Å². The number of aliphatic hydroxyl groups excluding tert-OH is 1. The first-order valence-corrected chi connectivity index (χ1v) is 7.22. The number of likely N-dealkylation sites (tertiary alicyclic amines) is 1. The maximum Gasteiger partial charge on any atom is 0.222 e. The van der Waals surface area contributed by atoms with E-state index in [4.69, 9.17) is 0 Å². The van der Waals surface area contributed by atoms with Crippen LogP contribution in [0.2, 0.25) is 0 Å². The van der Waals surface area contributed by atoms with Crippen LogP contribution in [0.3, 0.4) is 0 Å². The zero-order valence-corrected chi connectivity index (χ0v) is 11.6. The van der Waals surface area contributed by atoms with Crippen LogP contribution in [0.5, 0.6) is 0 Å². The van der Waals surface area contributed by atoms with Crippen LogP contribution in [0.25, 0.3) is 0 Å². The largest absolute Gasteiger partial charge is 0.391 e. The van der Waals surface area contributed by atoms with Crippen molar-refractivity contribution in [2.45, 2.75) is 45.1 Å². The maximum atomic E-state index is 12.1. The van der Waals surface area contributed by atoms with E-state index >= 15 is 0 Å². The quantitative estimate of drug-likeness (QED) is 0.902. The van der Waals surface area contributed by atoms with Gasteiger partial charge in [-0.15, -0.1) is 0 Å². The molecule has 104 valence electrons. The molecule has 0 aromatic heterocycles. The van der Waals surface area contributed by atoms with E-state index in [1.165, 1.54) is 11.1 Å². The van der Waals surface area contributed by atoms with Crippen LogP contribution in [0, 0.1) is 0 Å². The summed E-state index contributed by atoms with van der Waals surface area (Å²) in [5.41, 5.74) is 2.54. The number of β-amino-alcohol motifs (C(OH)–C–C–N with tert-alkyl or cyclic N) is 1. The van der Waals surface area contributed by atoms with Gasteiger partial charge in [0.1, 0.15) is 0 Å². The molecule has 19 heavy (non-hydrogen) atoms. The Morgan fingerprint density at radius 2 is 2.00 bits per heavy atom. The molecule has 1 fully saturated rings. The molecule has 0 spiro atoms. The van der Waals surface area contributed by atoms with Crippen molar-refractivity contribution in [2.24, 2.45) is 0 Å². The first-order chi connectivity index (χ1) is 9.19. The molecule has 3 nitrogen and oxygen atoms in total. The first kappa shape index (κ1) is 14.1. The molecule has 1 unspecified atom stereocenters. The fraction of sp³-hybridized carbons (Fsp3) is 0.562. The third kappa shape index (κ3) is 4.06. The molecular formula is C16H23NO2. The highest BCUT2D eigenvalue weighted by Crippen LogP contribution is 2.13. The first-order valence-electron chi connectivity index (χ1n) is 7.22. The lowest BCUT2D eigenvalue weighted by molar-refractivity contribution is -0.134. The van der Waals surface area contributed by atoms with Crippen molar-refractivity contribution in [3.8, 4) is 0 Å². The van der Waals surface area contributed by atoms with Gasteiger partial charge in [0.25, 0.3) is 0 Å². The Hall–Kier alpha value is -1.35. The van der Waals surface area contributed by atoms with Crippen LogP contribution in [0.4, 0.5) is 0 Å². The highest BCUT2D eigenvalue weighted by molar-refractivity contribution is 5.76. The number of hydrogen-bond acceptors (Lipinski definition) is 2. The van der Waals surface area contributed by atoms with Gasteiger partial charge in [0.2, 0.25) is 5.91 Å². The minimum Gasteiger partial charge on any atom is -0.391 e. The number of aryl methyl sites for hydroxylation is 2. The number of carbonyl (C=O) groups excluding carboxylic acids is 1. The van der Waals surface area contributed by atoms with Gasteiger partial charge in [-0.3, -0.25) is 4.79 Å². The van der Waals surface area contributed by atoms with Gasteiger partial charge >= 0.3 is 0 Å². The minimum atomic E-state index is -0.332. The topological polar surface area (TPSA) is 40.5 Å². The van der Waals surface area contributed by atoms with Crippen LogP contribution in [-0.2, 0) is 17.6 Å². The van der Waals surface area contributed by atoms with Crippen molar-refractivity contribution in [1.29, 1.82) is 0 Å². The van der Waals surface area contributed by atoms with Crippen LogP contribution in [0.1, 0.15) is 37.3 Å². The lowest BCUT2D eigenvalue weighted by atomic mass is 10.0. The van der Waals surface area contributed by atoms with Crippen molar-refractivity contribution in [3.05, 3.63) is 35.4 Å². The minimum absolute atomic E-state index is 0.165. The van der Waals surface area contributed by atoms with E-state index in [1.54, 1.807) is 4.90 Å². The van der Waals surface area contributed by atoms with E-state index in [0.29, 0.717) is 13.0 Å². The highest BCUT2D eigenvalue weighted by Gasteiger charge is 2.21. The van der Waals surface area contributed by atoms with E-state index in [-0.39, 0.29) is 12.0 Å². The van der Waals surface area contributed by atoms with Crippen molar-refractivity contribution in [1.82, 2.24) is 4.90 Å². The number of nitrogens with zero attached hydrogens (tertiary/aromatic N) is 1. The third-order valence-electron chi connectivity index (χ3n) is 3.81. The van der Waals surface area contributed by atoms with E-state index in [9.17, 15) is 9.90 Å². The molecule has 0 radical (unpaired) electrons. The highest BCUT2D eigenvalue weighted by atomic mass is 16.3. The number of piperidine rings is 1. The van der Waals surface area contributed by atoms with Gasteiger partial charge in [0, 0.05) is 19.5 Å². The molecule has 1 saturated heterocycles. The molecule has 3 heteroatoms. The Kier molecular flexibility index (Phi) is 4.97. The van der Waals surface area contributed by atoms with Crippen LogP contribution >= 0.6 is 0 Å². The van der Waals surface area contributed by atoms with Gasteiger partial charge < -0.3 is 10.0 Å². The maximum absolute atomic E-state index is 12.1. The van der Waals surface area contributed by atoms with Crippen molar-refractivity contribution in [3.63, 3.8) is 0 Å². The van der Waals surface area contributed by atoms with Gasteiger partial charge in [-0.1, -0.05) is 31.2 Å². The summed E-state index contributed by atoms with van der Waals surface area (Å²) < 4.78 is 0. The molecule has 1 aliphatic rings. The summed E-state index contributed by atoms with van der Waals surface area (Å²) in [5, 5.41) is 9.58. The second kappa shape index (κ2) is 6.71. The van der Waals surface area contributed by atoms with E-state index < -0.39 is 0 Å². The molecular weight excluding hydrogens is 238 g/mol. The number of aliphatic hydroxyl groups is 1. The molecule has 0 aliphatic carbocycles. The number of rotatable bonds is 4. The SMILES string of the molecule is CCc1ccc(CCC(=O)N2CCCC(O)C2)cc1. The monoisotopic (exact) mass is 261 g/mol. The zero-order valence-electron chi connectivity index (χ0n) is 11.6. The fourth-order valence-corrected chi connectivity index (χ4v) is 2.53. The van der Waals surface area contributed by atoms with Crippen LogP contribution < -0.4 is 0 Å². The lowest BCUT2D eigenvalue weighted by Gasteiger charge is -2.30. The molecule has 1 aromatic carbocycles. The van der Waals surface area contributed by atoms with Gasteiger partial charge in [-0.25, -0.2) is 0 Å². The number of hydrogen-bond donors (Lipinski definition) is 1. The Bertz CT molecular complexity index is 413. The molecule has 1 heterocycles. The molecule has 2 rings (SSSR count). The van der Waals surface area contributed by atoms with Gasteiger partial charge in [0.15, 0.2) is 0 Å². The summed E-state index contributed by atoms with van der Waals surface area (Å²) >= 11 is 0. The van der Waals surface area contributed by atoms with Crippen molar-refractivity contribution < 1.29 is 9.90 Å². The summed E-state index contributed by atoms with van der Waals surface area (Å²) in [5.74, 6) is 0.165. The Labute approximate surface area is 115 Å². The van der Waals surface area contributed by atoms with Gasteiger partial charge in [-0.2, -0.15) is 0 Å². The van der Waals surface area contributed by atoms with E-state index in [1.807, 2.05) is 0 Å². The third-order valence-corrected chi connectivity index (χ3v) is 3.81. The summed E-state index contributed by atoms with van der Waals surface area (Å²) in [6, 6.07) is 8.48. The Morgan fingerprint density at radius 3 is 2.63 bits per heavy atom. The van der Waals surface area contributed by atoms with Gasteiger partial charge in [-0.05, 0) is 36.8 Å². The van der Waals surface area contributed by atoms with Crippen LogP contribution in [0.15, 0.2) is 24.3 Å². The van der Waals surface area contributed by atoms with E-state index in [2.05, 4.69) is 31.2 Å². The Morgan fingerprint density at radius 1 is 1.32 bits per heavy atom. The molecule has 1 aliphatic heterocycles. The summed E-state index contributed by atoms with van der Waals surface area (Å²) in [6.07, 6.45) is 3.78. The molecule has 0 bridgehead atoms. The molecule has 1 atom stereocenters. The fourth-order valence-electron chi connectivity index (χ4n) is 2.53. The predicted molar refractivity (Wildman–Crippen MR) is 76.0 cm³/mol. The molecule has 1 aromatic rings. The van der Waals surface area contributed by atoms with Crippen LogP contribution in [-0.4, -0.2) is 35.1 Å². The van der Waals surface area contributed by atoms with Gasteiger partial charge in [0.05, 0.1) is 6.10 Å². The smallest absolute Gasteiger partial charge is 0.222 e. The number of amides is 1.